The van der Waals surface area contributed by atoms with Crippen LogP contribution in [0, 0.1) is 23.7 Å². The molecular formula is C31H41ClN2O5S. The first-order valence-corrected chi connectivity index (χ1v) is 15.5. The van der Waals surface area contributed by atoms with Crippen LogP contribution in [0.25, 0.3) is 0 Å². The van der Waals surface area contributed by atoms with Gasteiger partial charge in [-0.3, -0.25) is 14.4 Å². The number of carbonyl (C=O) groups is 3. The number of fused-ring (bicyclic) bond motifs is 1. The average molecular weight is 589 g/mol. The van der Waals surface area contributed by atoms with Crippen LogP contribution in [0.3, 0.4) is 0 Å². The number of carbonyl (C=O) groups excluding carboxylic acids is 3. The fraction of sp³-hybridized carbons (Fsp3) is 0.581. The topological polar surface area (TPSA) is 87.1 Å². The zero-order valence-electron chi connectivity index (χ0n) is 23.6. The number of ether oxygens (including phenoxy) is 1. The predicted molar refractivity (Wildman–Crippen MR) is 160 cm³/mol. The minimum Gasteiger partial charge on any atom is -0.465 e. The summed E-state index contributed by atoms with van der Waals surface area (Å²) in [6.07, 6.45) is 6.29. The number of likely N-dealkylation sites (tertiary alicyclic amines) is 1. The van der Waals surface area contributed by atoms with Crippen molar-refractivity contribution in [1.82, 2.24) is 4.90 Å². The number of aliphatic hydroxyl groups is 1. The highest BCUT2D eigenvalue weighted by molar-refractivity contribution is 8.02. The number of halogens is 1. The quantitative estimate of drug-likeness (QED) is 0.196. The summed E-state index contributed by atoms with van der Waals surface area (Å²) in [5.41, 5.74) is 0.647. The van der Waals surface area contributed by atoms with Gasteiger partial charge in [-0.15, -0.1) is 24.9 Å². The number of unbranched alkanes of at least 4 members (excludes halogenated alkanes) is 1. The van der Waals surface area contributed by atoms with Gasteiger partial charge in [-0.25, -0.2) is 0 Å². The summed E-state index contributed by atoms with van der Waals surface area (Å²) in [6.45, 7) is 13.9. The lowest BCUT2D eigenvalue weighted by molar-refractivity contribution is -0.155. The molecule has 3 saturated heterocycles. The summed E-state index contributed by atoms with van der Waals surface area (Å²) in [5.74, 6) is -2.20. The smallest absolute Gasteiger partial charge is 0.310 e. The maximum absolute atomic E-state index is 14.7. The second kappa shape index (κ2) is 12.7. The van der Waals surface area contributed by atoms with Crippen LogP contribution in [0.2, 0.25) is 5.02 Å². The van der Waals surface area contributed by atoms with Crippen LogP contribution in [-0.2, 0) is 19.1 Å². The molecule has 3 aliphatic rings. The van der Waals surface area contributed by atoms with Gasteiger partial charge in [-0.2, -0.15) is 0 Å². The van der Waals surface area contributed by atoms with Crippen LogP contribution >= 0.6 is 23.4 Å². The summed E-state index contributed by atoms with van der Waals surface area (Å²) in [5, 5.41) is 11.0. The van der Waals surface area contributed by atoms with E-state index in [2.05, 4.69) is 20.1 Å². The Hall–Kier alpha value is -2.29. The van der Waals surface area contributed by atoms with Crippen LogP contribution in [0.15, 0.2) is 49.6 Å². The van der Waals surface area contributed by atoms with Crippen molar-refractivity contribution in [3.05, 3.63) is 54.6 Å². The Kier molecular flexibility index (Phi) is 9.74. The van der Waals surface area contributed by atoms with E-state index in [1.165, 1.54) is 0 Å². The van der Waals surface area contributed by atoms with Crippen LogP contribution in [0.4, 0.5) is 5.69 Å². The van der Waals surface area contributed by atoms with Gasteiger partial charge in [-0.1, -0.05) is 50.9 Å². The molecule has 0 radical (unpaired) electrons. The molecule has 2 bridgehead atoms. The highest BCUT2D eigenvalue weighted by Crippen LogP contribution is 2.69. The maximum atomic E-state index is 14.7. The predicted octanol–water partition coefficient (Wildman–Crippen LogP) is 5.11. The molecule has 1 aromatic carbocycles. The summed E-state index contributed by atoms with van der Waals surface area (Å²) in [4.78, 5) is 46.0. The van der Waals surface area contributed by atoms with Gasteiger partial charge < -0.3 is 19.6 Å². The fourth-order valence-electron chi connectivity index (χ4n) is 6.90. The Morgan fingerprint density at radius 1 is 1.30 bits per heavy atom. The van der Waals surface area contributed by atoms with Crippen molar-refractivity contribution in [1.29, 1.82) is 0 Å². The molecule has 8 atom stereocenters. The molecule has 1 spiro atoms. The van der Waals surface area contributed by atoms with Crippen molar-refractivity contribution in [2.75, 3.05) is 24.7 Å². The van der Waals surface area contributed by atoms with Crippen molar-refractivity contribution in [2.24, 2.45) is 23.7 Å². The molecule has 3 aliphatic heterocycles. The lowest BCUT2D eigenvalue weighted by Gasteiger charge is -2.43. The van der Waals surface area contributed by atoms with Crippen molar-refractivity contribution < 1.29 is 24.2 Å². The van der Waals surface area contributed by atoms with Crippen molar-refractivity contribution in [3.8, 4) is 0 Å². The van der Waals surface area contributed by atoms with Crippen LogP contribution < -0.4 is 4.90 Å². The number of nitrogens with zero attached hydrogens (tertiary/aromatic N) is 2. The van der Waals surface area contributed by atoms with E-state index in [0.717, 1.165) is 12.8 Å². The van der Waals surface area contributed by atoms with Crippen molar-refractivity contribution >= 4 is 46.8 Å². The molecule has 40 heavy (non-hydrogen) atoms. The first-order valence-electron chi connectivity index (χ1n) is 14.2. The number of anilines is 1. The molecular weight excluding hydrogens is 548 g/mol. The number of allylic oxidation sites excluding steroid dienone is 1. The van der Waals surface area contributed by atoms with Crippen LogP contribution in [-0.4, -0.2) is 69.6 Å². The van der Waals surface area contributed by atoms with Crippen molar-refractivity contribution in [2.45, 2.75) is 68.5 Å². The van der Waals surface area contributed by atoms with E-state index >= 15 is 0 Å². The molecule has 3 fully saturated rings. The monoisotopic (exact) mass is 588 g/mol. The van der Waals surface area contributed by atoms with Gasteiger partial charge >= 0.3 is 5.97 Å². The second-order valence-corrected chi connectivity index (χ2v) is 13.2. The van der Waals surface area contributed by atoms with Gasteiger partial charge in [0.2, 0.25) is 5.91 Å². The van der Waals surface area contributed by atoms with E-state index in [1.54, 1.807) is 58.0 Å². The van der Waals surface area contributed by atoms with E-state index in [4.69, 9.17) is 16.3 Å². The van der Waals surface area contributed by atoms with Crippen molar-refractivity contribution in [3.63, 3.8) is 0 Å². The Balaban J connectivity index is 1.80. The molecule has 0 saturated carbocycles. The van der Waals surface area contributed by atoms with Crippen LogP contribution in [0.5, 0.6) is 0 Å². The number of hydrogen-bond acceptors (Lipinski definition) is 6. The Morgan fingerprint density at radius 2 is 2.00 bits per heavy atom. The molecule has 1 aromatic rings. The van der Waals surface area contributed by atoms with Gasteiger partial charge in [0.25, 0.3) is 5.91 Å². The van der Waals surface area contributed by atoms with Crippen LogP contribution in [0.1, 0.15) is 46.5 Å². The number of rotatable bonds is 13. The summed E-state index contributed by atoms with van der Waals surface area (Å²) in [6, 6.07) is 5.61. The van der Waals surface area contributed by atoms with Gasteiger partial charge in [0.15, 0.2) is 0 Å². The number of benzene rings is 1. The molecule has 3 heterocycles. The van der Waals surface area contributed by atoms with E-state index < -0.39 is 28.7 Å². The fourth-order valence-corrected chi connectivity index (χ4v) is 9.41. The summed E-state index contributed by atoms with van der Waals surface area (Å²) in [7, 11) is 0. The Bertz CT molecular complexity index is 1130. The molecule has 2 amide bonds. The number of esters is 1. The Morgan fingerprint density at radius 3 is 2.60 bits per heavy atom. The zero-order chi connectivity index (χ0) is 29.2. The maximum Gasteiger partial charge on any atom is 0.310 e. The van der Waals surface area contributed by atoms with E-state index in [1.807, 2.05) is 13.8 Å². The van der Waals surface area contributed by atoms with E-state index in [-0.39, 0.29) is 54.6 Å². The highest BCUT2D eigenvalue weighted by Gasteiger charge is 2.77. The third-order valence-electron chi connectivity index (χ3n) is 9.05. The molecule has 7 nitrogen and oxygen atoms in total. The largest absolute Gasteiger partial charge is 0.465 e. The zero-order valence-corrected chi connectivity index (χ0v) is 25.2. The standard InChI is InChI=1S/C31H41ClN2O5S/c1-6-9-10-16-39-30(38)25-24-17-20(5)31(40-24)26(25)28(36)34(23(18-35)19(4)8-3)27(31)29(37)33(15-7-2)22-13-11-21(32)12-14-22/h6-7,11-14,19-20,23-27,35H,1-2,8-10,15-18H2,3-5H3/t19-,20?,23-,24+,25-,26-,27?,31?/m0/s1. The second-order valence-electron chi connectivity index (χ2n) is 11.2. The normalized spacial score (nSPS) is 30.1. The molecule has 3 unspecified atom stereocenters. The van der Waals surface area contributed by atoms with Gasteiger partial charge in [0.1, 0.15) is 6.04 Å². The third-order valence-corrected chi connectivity index (χ3v) is 11.4. The number of thioether (sulfide) groups is 1. The van der Waals surface area contributed by atoms with Gasteiger partial charge in [0, 0.05) is 22.5 Å². The van der Waals surface area contributed by atoms with E-state index in [9.17, 15) is 19.5 Å². The average Bonchev–Trinajstić information content (AvgIpc) is 3.54. The molecule has 1 N–H and O–H groups in total. The first-order chi connectivity index (χ1) is 19.2. The minimum atomic E-state index is -0.852. The summed E-state index contributed by atoms with van der Waals surface area (Å²) >= 11 is 7.75. The number of amides is 2. The van der Waals surface area contributed by atoms with E-state index in [0.29, 0.717) is 23.6 Å². The number of aliphatic hydroxyl groups excluding tert-OH is 1. The molecule has 0 aliphatic carbocycles. The SMILES string of the molecule is C=CCCCOC(=O)[C@@H]1[C@H]2C(=O)N([C@@H](CO)[C@@H](C)CC)C(C(=O)N(CC=C)c3ccc(Cl)cc3)C23S[C@@H]1CC3C. The lowest BCUT2D eigenvalue weighted by atomic mass is 9.66. The third kappa shape index (κ3) is 5.12. The lowest BCUT2D eigenvalue weighted by Crippen LogP contribution is -2.60. The molecule has 9 heteroatoms. The van der Waals surface area contributed by atoms with Gasteiger partial charge in [-0.05, 0) is 55.4 Å². The van der Waals surface area contributed by atoms with Gasteiger partial charge in [0.05, 0.1) is 35.8 Å². The first kappa shape index (κ1) is 30.7. The molecule has 4 rings (SSSR count). The minimum absolute atomic E-state index is 0.00675. The summed E-state index contributed by atoms with van der Waals surface area (Å²) < 4.78 is 4.87. The highest BCUT2D eigenvalue weighted by atomic mass is 35.5. The molecule has 218 valence electrons. The molecule has 0 aromatic heterocycles. The Labute approximate surface area is 246 Å². The number of hydrogen-bond donors (Lipinski definition) is 1.